The largest absolute Gasteiger partial charge is 0.497 e. The molecule has 0 heterocycles. The van der Waals surface area contributed by atoms with E-state index in [0.717, 1.165) is 5.56 Å². The molecule has 1 amide bonds. The standard InChI is InChI=1S/C16H15Cl2NO2/c1-10(14-7-6-12(17)9-15(14)18)19-16(20)11-4-3-5-13(8-11)21-2/h3-10H,1-2H3,(H,19,20)/t10-/m1/s1. The van der Waals surface area contributed by atoms with Crippen molar-refractivity contribution >= 4 is 29.1 Å². The number of nitrogens with one attached hydrogen (secondary N) is 1. The predicted octanol–water partition coefficient (Wildman–Crippen LogP) is 4.49. The number of hydrogen-bond donors (Lipinski definition) is 1. The average molecular weight is 324 g/mol. The van der Waals surface area contributed by atoms with E-state index in [2.05, 4.69) is 5.32 Å². The van der Waals surface area contributed by atoms with Crippen molar-refractivity contribution in [3.63, 3.8) is 0 Å². The Balaban J connectivity index is 2.14. The molecule has 1 N–H and O–H groups in total. The Kier molecular flexibility index (Phi) is 5.10. The van der Waals surface area contributed by atoms with Crippen LogP contribution < -0.4 is 10.1 Å². The van der Waals surface area contributed by atoms with Crippen molar-refractivity contribution in [2.75, 3.05) is 7.11 Å². The van der Waals surface area contributed by atoms with Crippen molar-refractivity contribution in [3.05, 3.63) is 63.6 Å². The van der Waals surface area contributed by atoms with E-state index in [0.29, 0.717) is 21.4 Å². The summed E-state index contributed by atoms with van der Waals surface area (Å²) in [5.74, 6) is 0.451. The van der Waals surface area contributed by atoms with Gasteiger partial charge in [-0.05, 0) is 42.8 Å². The number of hydrogen-bond acceptors (Lipinski definition) is 2. The molecule has 0 saturated heterocycles. The van der Waals surface area contributed by atoms with Crippen LogP contribution in [-0.2, 0) is 0 Å². The van der Waals surface area contributed by atoms with Crippen LogP contribution in [0.15, 0.2) is 42.5 Å². The van der Waals surface area contributed by atoms with Crippen molar-refractivity contribution in [1.29, 1.82) is 0 Å². The van der Waals surface area contributed by atoms with E-state index in [1.54, 1.807) is 49.6 Å². The summed E-state index contributed by atoms with van der Waals surface area (Å²) in [6.07, 6.45) is 0. The van der Waals surface area contributed by atoms with Gasteiger partial charge < -0.3 is 10.1 Å². The number of methoxy groups -OCH3 is 1. The van der Waals surface area contributed by atoms with E-state index >= 15 is 0 Å². The SMILES string of the molecule is COc1cccc(C(=O)N[C@H](C)c2ccc(Cl)cc2Cl)c1. The third-order valence-corrected chi connectivity index (χ3v) is 3.67. The van der Waals surface area contributed by atoms with Crippen LogP contribution in [0.1, 0.15) is 28.9 Å². The highest BCUT2D eigenvalue weighted by Gasteiger charge is 2.14. The molecule has 0 saturated carbocycles. The van der Waals surface area contributed by atoms with Crippen LogP contribution in [0.25, 0.3) is 0 Å². The molecule has 0 fully saturated rings. The lowest BCUT2D eigenvalue weighted by molar-refractivity contribution is 0.0939. The molecule has 2 rings (SSSR count). The molecule has 0 aliphatic heterocycles. The first kappa shape index (κ1) is 15.7. The third kappa shape index (κ3) is 3.90. The van der Waals surface area contributed by atoms with Crippen molar-refractivity contribution < 1.29 is 9.53 Å². The lowest BCUT2D eigenvalue weighted by Gasteiger charge is -2.16. The number of amides is 1. The fourth-order valence-electron chi connectivity index (χ4n) is 1.97. The third-order valence-electron chi connectivity index (χ3n) is 3.11. The van der Waals surface area contributed by atoms with E-state index in [1.165, 1.54) is 0 Å². The quantitative estimate of drug-likeness (QED) is 0.900. The number of carbonyl (C=O) groups excluding carboxylic acids is 1. The molecule has 0 spiro atoms. The van der Waals surface area contributed by atoms with Crippen LogP contribution in [0.3, 0.4) is 0 Å². The van der Waals surface area contributed by atoms with Crippen molar-refractivity contribution in [3.8, 4) is 5.75 Å². The molecule has 0 bridgehead atoms. The van der Waals surface area contributed by atoms with Gasteiger partial charge in [0.2, 0.25) is 0 Å². The Morgan fingerprint density at radius 2 is 1.95 bits per heavy atom. The molecular weight excluding hydrogens is 309 g/mol. The summed E-state index contributed by atoms with van der Waals surface area (Å²) in [7, 11) is 1.56. The predicted molar refractivity (Wildman–Crippen MR) is 85.3 cm³/mol. The summed E-state index contributed by atoms with van der Waals surface area (Å²) in [5.41, 5.74) is 1.35. The summed E-state index contributed by atoms with van der Waals surface area (Å²) in [4.78, 5) is 12.2. The second-order valence-electron chi connectivity index (χ2n) is 4.59. The molecule has 110 valence electrons. The van der Waals surface area contributed by atoms with Crippen molar-refractivity contribution in [2.45, 2.75) is 13.0 Å². The van der Waals surface area contributed by atoms with Gasteiger partial charge in [0.15, 0.2) is 0 Å². The molecule has 1 atom stereocenters. The lowest BCUT2D eigenvalue weighted by Crippen LogP contribution is -2.26. The molecule has 5 heteroatoms. The zero-order chi connectivity index (χ0) is 15.4. The second-order valence-corrected chi connectivity index (χ2v) is 5.44. The smallest absolute Gasteiger partial charge is 0.251 e. The van der Waals surface area contributed by atoms with Gasteiger partial charge in [0.05, 0.1) is 13.2 Å². The average Bonchev–Trinajstić information content (AvgIpc) is 2.47. The molecule has 0 unspecified atom stereocenters. The zero-order valence-corrected chi connectivity index (χ0v) is 13.2. The number of benzene rings is 2. The highest BCUT2D eigenvalue weighted by molar-refractivity contribution is 6.35. The van der Waals surface area contributed by atoms with Gasteiger partial charge in [0.25, 0.3) is 5.91 Å². The normalized spacial score (nSPS) is 11.8. The van der Waals surface area contributed by atoms with E-state index in [9.17, 15) is 4.79 Å². The molecule has 2 aromatic rings. The first-order valence-corrected chi connectivity index (χ1v) is 7.16. The van der Waals surface area contributed by atoms with Gasteiger partial charge in [-0.1, -0.05) is 35.3 Å². The van der Waals surface area contributed by atoms with E-state index < -0.39 is 0 Å². The molecule has 0 aliphatic carbocycles. The van der Waals surface area contributed by atoms with Crippen molar-refractivity contribution in [2.24, 2.45) is 0 Å². The summed E-state index contributed by atoms with van der Waals surface area (Å²) in [6.45, 7) is 1.87. The van der Waals surface area contributed by atoms with Gasteiger partial charge in [0, 0.05) is 15.6 Å². The zero-order valence-electron chi connectivity index (χ0n) is 11.7. The number of ether oxygens (including phenoxy) is 1. The topological polar surface area (TPSA) is 38.3 Å². The van der Waals surface area contributed by atoms with Crippen LogP contribution in [-0.4, -0.2) is 13.0 Å². The van der Waals surface area contributed by atoms with Crippen LogP contribution in [0.2, 0.25) is 10.0 Å². The van der Waals surface area contributed by atoms with Crippen LogP contribution in [0.4, 0.5) is 0 Å². The highest BCUT2D eigenvalue weighted by Crippen LogP contribution is 2.26. The minimum absolute atomic E-state index is 0.188. The Hall–Kier alpha value is -1.71. The van der Waals surface area contributed by atoms with Gasteiger partial charge in [-0.3, -0.25) is 4.79 Å². The van der Waals surface area contributed by atoms with Gasteiger partial charge in [-0.25, -0.2) is 0 Å². The first-order valence-electron chi connectivity index (χ1n) is 6.41. The van der Waals surface area contributed by atoms with E-state index in [4.69, 9.17) is 27.9 Å². The molecule has 0 aromatic heterocycles. The Bertz CT molecular complexity index is 658. The molecule has 0 aliphatic rings. The van der Waals surface area contributed by atoms with E-state index in [1.807, 2.05) is 6.92 Å². The summed E-state index contributed by atoms with van der Waals surface area (Å²) in [6, 6.07) is 12.0. The van der Waals surface area contributed by atoms with Crippen LogP contribution in [0.5, 0.6) is 5.75 Å². The van der Waals surface area contributed by atoms with Gasteiger partial charge >= 0.3 is 0 Å². The van der Waals surface area contributed by atoms with Gasteiger partial charge in [-0.15, -0.1) is 0 Å². The minimum Gasteiger partial charge on any atom is -0.497 e. The van der Waals surface area contributed by atoms with Crippen molar-refractivity contribution in [1.82, 2.24) is 5.32 Å². The fourth-order valence-corrected chi connectivity index (χ4v) is 2.55. The maximum Gasteiger partial charge on any atom is 0.251 e. The molecular formula is C16H15Cl2NO2. The highest BCUT2D eigenvalue weighted by atomic mass is 35.5. The molecule has 21 heavy (non-hydrogen) atoms. The van der Waals surface area contributed by atoms with Crippen LogP contribution >= 0.6 is 23.2 Å². The molecule has 2 aromatic carbocycles. The first-order chi connectivity index (χ1) is 10.0. The maximum atomic E-state index is 12.2. The van der Waals surface area contributed by atoms with Gasteiger partial charge in [0.1, 0.15) is 5.75 Å². The van der Waals surface area contributed by atoms with Gasteiger partial charge in [-0.2, -0.15) is 0 Å². The van der Waals surface area contributed by atoms with Crippen LogP contribution in [0, 0.1) is 0 Å². The number of halogens is 2. The summed E-state index contributed by atoms with van der Waals surface area (Å²) >= 11 is 12.0. The number of rotatable bonds is 4. The monoisotopic (exact) mass is 323 g/mol. The minimum atomic E-state index is -0.228. The fraction of sp³-hybridized carbons (Fsp3) is 0.188. The molecule has 3 nitrogen and oxygen atoms in total. The Morgan fingerprint density at radius 3 is 2.62 bits per heavy atom. The summed E-state index contributed by atoms with van der Waals surface area (Å²) in [5, 5.41) is 4.00. The second kappa shape index (κ2) is 6.83. The Labute approximate surface area is 133 Å². The maximum absolute atomic E-state index is 12.2. The summed E-state index contributed by atoms with van der Waals surface area (Å²) < 4.78 is 5.11. The molecule has 0 radical (unpaired) electrons. The Morgan fingerprint density at radius 1 is 1.19 bits per heavy atom. The van der Waals surface area contributed by atoms with E-state index in [-0.39, 0.29) is 11.9 Å². The number of carbonyl (C=O) groups is 1. The lowest BCUT2D eigenvalue weighted by atomic mass is 10.1.